The van der Waals surface area contributed by atoms with Crippen molar-refractivity contribution < 1.29 is 4.74 Å². The lowest BCUT2D eigenvalue weighted by molar-refractivity contribution is 0.135. The molecule has 2 rings (SSSR count). The number of rotatable bonds is 3. The number of methoxy groups -OCH3 is 1. The molecule has 1 atom stereocenters. The maximum absolute atomic E-state index is 5.13. The molecule has 0 aromatic heterocycles. The van der Waals surface area contributed by atoms with E-state index in [0.717, 1.165) is 26.2 Å². The first kappa shape index (κ1) is 10.7. The molecule has 1 aromatic carbocycles. The molecule has 0 amide bonds. The molecule has 0 bridgehead atoms. The van der Waals surface area contributed by atoms with Crippen molar-refractivity contribution in [3.63, 3.8) is 0 Å². The van der Waals surface area contributed by atoms with E-state index in [4.69, 9.17) is 4.74 Å². The number of hydrogen-bond acceptors (Lipinski definition) is 2. The molecule has 1 aliphatic rings. The second-order valence-corrected chi connectivity index (χ2v) is 4.33. The van der Waals surface area contributed by atoms with E-state index in [9.17, 15) is 0 Å². The van der Waals surface area contributed by atoms with Crippen LogP contribution in [0.1, 0.15) is 24.0 Å². The highest BCUT2D eigenvalue weighted by atomic mass is 16.5. The van der Waals surface area contributed by atoms with E-state index in [2.05, 4.69) is 36.1 Å². The fourth-order valence-electron chi connectivity index (χ4n) is 2.34. The van der Waals surface area contributed by atoms with Crippen molar-refractivity contribution in [2.24, 2.45) is 0 Å². The quantitative estimate of drug-likeness (QED) is 0.750. The molecule has 1 aliphatic heterocycles. The van der Waals surface area contributed by atoms with Crippen LogP contribution >= 0.6 is 0 Å². The van der Waals surface area contributed by atoms with E-state index < -0.39 is 0 Å². The SMILES string of the molecule is COCCN1Cc2ccccc2C(C)C1. The molecule has 0 spiro atoms. The number of benzene rings is 1. The van der Waals surface area contributed by atoms with Crippen molar-refractivity contribution in [1.29, 1.82) is 0 Å². The highest BCUT2D eigenvalue weighted by Gasteiger charge is 2.20. The Morgan fingerprint density at radius 3 is 3.00 bits per heavy atom. The molecule has 0 saturated carbocycles. The molecule has 0 N–H and O–H groups in total. The molecule has 2 nitrogen and oxygen atoms in total. The largest absolute Gasteiger partial charge is 0.383 e. The van der Waals surface area contributed by atoms with Gasteiger partial charge in [0, 0.05) is 26.7 Å². The van der Waals surface area contributed by atoms with Gasteiger partial charge in [-0.15, -0.1) is 0 Å². The predicted octanol–water partition coefficient (Wildman–Crippen LogP) is 2.25. The van der Waals surface area contributed by atoms with Crippen molar-refractivity contribution in [2.75, 3.05) is 26.8 Å². The van der Waals surface area contributed by atoms with Gasteiger partial charge in [0.2, 0.25) is 0 Å². The van der Waals surface area contributed by atoms with Crippen LogP contribution in [0.2, 0.25) is 0 Å². The highest BCUT2D eigenvalue weighted by molar-refractivity contribution is 5.32. The van der Waals surface area contributed by atoms with E-state index in [1.165, 1.54) is 11.1 Å². The van der Waals surface area contributed by atoms with Crippen molar-refractivity contribution in [1.82, 2.24) is 4.90 Å². The van der Waals surface area contributed by atoms with Crippen LogP contribution in [0.25, 0.3) is 0 Å². The van der Waals surface area contributed by atoms with Crippen LogP contribution in [0, 0.1) is 0 Å². The van der Waals surface area contributed by atoms with Crippen LogP contribution in [0.5, 0.6) is 0 Å². The minimum Gasteiger partial charge on any atom is -0.383 e. The zero-order valence-corrected chi connectivity index (χ0v) is 9.57. The molecule has 1 unspecified atom stereocenters. The molecular formula is C13H19NO. The normalized spacial score (nSPS) is 21.3. The third kappa shape index (κ3) is 2.39. The second-order valence-electron chi connectivity index (χ2n) is 4.33. The Morgan fingerprint density at radius 2 is 2.20 bits per heavy atom. The number of ether oxygens (including phenoxy) is 1. The summed E-state index contributed by atoms with van der Waals surface area (Å²) in [6, 6.07) is 8.77. The summed E-state index contributed by atoms with van der Waals surface area (Å²) in [6.45, 7) is 6.39. The van der Waals surface area contributed by atoms with Crippen LogP contribution in [0.3, 0.4) is 0 Å². The predicted molar refractivity (Wildman–Crippen MR) is 62.0 cm³/mol. The second kappa shape index (κ2) is 4.77. The van der Waals surface area contributed by atoms with E-state index in [0.29, 0.717) is 5.92 Å². The first-order valence-electron chi connectivity index (χ1n) is 5.60. The van der Waals surface area contributed by atoms with Gasteiger partial charge in [-0.05, 0) is 17.0 Å². The zero-order valence-electron chi connectivity index (χ0n) is 9.57. The van der Waals surface area contributed by atoms with Gasteiger partial charge in [0.1, 0.15) is 0 Å². The summed E-state index contributed by atoms with van der Waals surface area (Å²) < 4.78 is 5.13. The lowest BCUT2D eigenvalue weighted by atomic mass is 9.91. The van der Waals surface area contributed by atoms with Crippen LogP contribution in [-0.2, 0) is 11.3 Å². The third-order valence-corrected chi connectivity index (χ3v) is 3.12. The highest BCUT2D eigenvalue weighted by Crippen LogP contribution is 2.27. The maximum atomic E-state index is 5.13. The summed E-state index contributed by atoms with van der Waals surface area (Å²) in [4.78, 5) is 2.47. The summed E-state index contributed by atoms with van der Waals surface area (Å²) in [5.74, 6) is 0.645. The number of hydrogen-bond donors (Lipinski definition) is 0. The Bertz CT molecular complexity index is 324. The zero-order chi connectivity index (χ0) is 10.7. The Hall–Kier alpha value is -0.860. The van der Waals surface area contributed by atoms with Gasteiger partial charge in [-0.25, -0.2) is 0 Å². The first-order valence-corrected chi connectivity index (χ1v) is 5.60. The van der Waals surface area contributed by atoms with Gasteiger partial charge in [-0.1, -0.05) is 31.2 Å². The van der Waals surface area contributed by atoms with Crippen molar-refractivity contribution in [3.05, 3.63) is 35.4 Å². The van der Waals surface area contributed by atoms with Gasteiger partial charge >= 0.3 is 0 Å². The van der Waals surface area contributed by atoms with Crippen LogP contribution in [0.15, 0.2) is 24.3 Å². The van der Waals surface area contributed by atoms with Crippen LogP contribution in [0.4, 0.5) is 0 Å². The van der Waals surface area contributed by atoms with Crippen LogP contribution < -0.4 is 0 Å². The Balaban J connectivity index is 2.08. The summed E-state index contributed by atoms with van der Waals surface area (Å²) in [5, 5.41) is 0. The molecule has 0 fully saturated rings. The van der Waals surface area contributed by atoms with Gasteiger partial charge < -0.3 is 4.74 Å². The van der Waals surface area contributed by atoms with Crippen molar-refractivity contribution in [2.45, 2.75) is 19.4 Å². The summed E-state index contributed by atoms with van der Waals surface area (Å²) in [5.41, 5.74) is 3.00. The lowest BCUT2D eigenvalue weighted by Crippen LogP contribution is -2.34. The molecule has 15 heavy (non-hydrogen) atoms. The molecule has 1 aromatic rings. The van der Waals surface area contributed by atoms with Crippen LogP contribution in [-0.4, -0.2) is 31.7 Å². The Morgan fingerprint density at radius 1 is 1.40 bits per heavy atom. The molecular weight excluding hydrogens is 186 g/mol. The Kier molecular flexibility index (Phi) is 3.39. The van der Waals surface area contributed by atoms with Gasteiger partial charge in [0.25, 0.3) is 0 Å². The molecule has 0 radical (unpaired) electrons. The minimum atomic E-state index is 0.645. The standard InChI is InChI=1S/C13H19NO/c1-11-9-14(7-8-15-2)10-12-5-3-4-6-13(11)12/h3-6,11H,7-10H2,1-2H3. The molecule has 1 heterocycles. The number of fused-ring (bicyclic) bond motifs is 1. The molecule has 2 heteroatoms. The smallest absolute Gasteiger partial charge is 0.0589 e. The van der Waals surface area contributed by atoms with E-state index in [1.807, 2.05) is 0 Å². The van der Waals surface area contributed by atoms with Crippen molar-refractivity contribution in [3.8, 4) is 0 Å². The fourth-order valence-corrected chi connectivity index (χ4v) is 2.34. The number of nitrogens with zero attached hydrogens (tertiary/aromatic N) is 1. The van der Waals surface area contributed by atoms with E-state index in [1.54, 1.807) is 7.11 Å². The Labute approximate surface area is 91.9 Å². The molecule has 0 aliphatic carbocycles. The average molecular weight is 205 g/mol. The monoisotopic (exact) mass is 205 g/mol. The van der Waals surface area contributed by atoms with E-state index >= 15 is 0 Å². The summed E-state index contributed by atoms with van der Waals surface area (Å²) in [7, 11) is 1.77. The third-order valence-electron chi connectivity index (χ3n) is 3.12. The average Bonchev–Trinajstić information content (AvgIpc) is 2.26. The van der Waals surface area contributed by atoms with E-state index in [-0.39, 0.29) is 0 Å². The topological polar surface area (TPSA) is 12.5 Å². The minimum absolute atomic E-state index is 0.645. The lowest BCUT2D eigenvalue weighted by Gasteiger charge is -2.32. The van der Waals surface area contributed by atoms with Gasteiger partial charge in [-0.3, -0.25) is 4.90 Å². The molecule has 0 saturated heterocycles. The summed E-state index contributed by atoms with van der Waals surface area (Å²) in [6.07, 6.45) is 0. The molecule has 82 valence electrons. The summed E-state index contributed by atoms with van der Waals surface area (Å²) >= 11 is 0. The van der Waals surface area contributed by atoms with Crippen molar-refractivity contribution >= 4 is 0 Å². The maximum Gasteiger partial charge on any atom is 0.0589 e. The van der Waals surface area contributed by atoms with Gasteiger partial charge in [-0.2, -0.15) is 0 Å². The first-order chi connectivity index (χ1) is 7.31. The fraction of sp³-hybridized carbons (Fsp3) is 0.538. The van der Waals surface area contributed by atoms with Gasteiger partial charge in [0.05, 0.1) is 6.61 Å². The van der Waals surface area contributed by atoms with Gasteiger partial charge in [0.15, 0.2) is 0 Å².